The van der Waals surface area contributed by atoms with Crippen molar-refractivity contribution in [1.29, 1.82) is 0 Å². The fourth-order valence-corrected chi connectivity index (χ4v) is 4.11. The predicted molar refractivity (Wildman–Crippen MR) is 80.6 cm³/mol. The summed E-state index contributed by atoms with van der Waals surface area (Å²) in [4.78, 5) is 2.17. The van der Waals surface area contributed by atoms with Crippen LogP contribution in [0.25, 0.3) is 0 Å². The maximum atomic E-state index is 12.5. The lowest BCUT2D eigenvalue weighted by molar-refractivity contribution is 0.347. The Labute approximate surface area is 121 Å². The molecule has 6 heteroatoms. The Balaban J connectivity index is 2.14. The summed E-state index contributed by atoms with van der Waals surface area (Å²) in [5.41, 5.74) is 7.39. The van der Waals surface area contributed by atoms with Crippen molar-refractivity contribution in [3.63, 3.8) is 0 Å². The number of nitrogens with zero attached hydrogens (tertiary/aromatic N) is 2. The Kier molecular flexibility index (Phi) is 5.15. The summed E-state index contributed by atoms with van der Waals surface area (Å²) in [6.07, 6.45) is 0.883. The van der Waals surface area contributed by atoms with Crippen LogP contribution >= 0.6 is 0 Å². The van der Waals surface area contributed by atoms with Crippen LogP contribution in [0.3, 0.4) is 0 Å². The fourth-order valence-electron chi connectivity index (χ4n) is 2.49. The molecule has 1 heterocycles. The average molecular weight is 297 g/mol. The molecule has 1 aromatic carbocycles. The van der Waals surface area contributed by atoms with Gasteiger partial charge in [-0.15, -0.1) is 0 Å². The second kappa shape index (κ2) is 6.67. The molecule has 0 unspecified atom stereocenters. The van der Waals surface area contributed by atoms with Gasteiger partial charge in [0.1, 0.15) is 0 Å². The van der Waals surface area contributed by atoms with Gasteiger partial charge >= 0.3 is 0 Å². The van der Waals surface area contributed by atoms with E-state index in [2.05, 4.69) is 4.90 Å². The average Bonchev–Trinajstić information content (AvgIpc) is 2.64. The first-order valence-electron chi connectivity index (χ1n) is 6.96. The van der Waals surface area contributed by atoms with Crippen LogP contribution in [0.5, 0.6) is 0 Å². The molecule has 1 aliphatic heterocycles. The van der Waals surface area contributed by atoms with Gasteiger partial charge in [-0.2, -0.15) is 0 Å². The first-order valence-corrected chi connectivity index (χ1v) is 8.57. The van der Waals surface area contributed by atoms with Gasteiger partial charge in [-0.05, 0) is 31.1 Å². The van der Waals surface area contributed by atoms with E-state index in [1.807, 2.05) is 31.3 Å². The van der Waals surface area contributed by atoms with Crippen molar-refractivity contribution < 1.29 is 8.42 Å². The van der Waals surface area contributed by atoms with Gasteiger partial charge < -0.3 is 10.6 Å². The normalized spacial score (nSPS) is 18.9. The molecule has 0 aromatic heterocycles. The zero-order valence-electron chi connectivity index (χ0n) is 12.0. The van der Waals surface area contributed by atoms with E-state index in [1.54, 1.807) is 4.31 Å². The predicted octanol–water partition coefficient (Wildman–Crippen LogP) is 0.613. The third-order valence-electron chi connectivity index (χ3n) is 3.75. The van der Waals surface area contributed by atoms with Crippen molar-refractivity contribution in [3.05, 3.63) is 35.4 Å². The quantitative estimate of drug-likeness (QED) is 0.884. The molecule has 2 N–H and O–H groups in total. The highest BCUT2D eigenvalue weighted by atomic mass is 32.2. The molecule has 20 heavy (non-hydrogen) atoms. The van der Waals surface area contributed by atoms with Crippen LogP contribution in [0, 0.1) is 0 Å². The molecule has 0 spiro atoms. The molecule has 1 fully saturated rings. The van der Waals surface area contributed by atoms with Gasteiger partial charge in [-0.25, -0.2) is 12.7 Å². The maximum Gasteiger partial charge on any atom is 0.218 e. The summed E-state index contributed by atoms with van der Waals surface area (Å²) in [5, 5.41) is 0. The number of hydrogen-bond donors (Lipinski definition) is 1. The number of benzene rings is 1. The Bertz CT molecular complexity index is 545. The number of rotatable bonds is 4. The summed E-state index contributed by atoms with van der Waals surface area (Å²) < 4.78 is 26.7. The lowest BCUT2D eigenvalue weighted by atomic mass is 10.1. The van der Waals surface area contributed by atoms with Crippen LogP contribution in [-0.2, 0) is 22.3 Å². The smallest absolute Gasteiger partial charge is 0.218 e. The molecule has 112 valence electrons. The third-order valence-corrected chi connectivity index (χ3v) is 5.58. The summed E-state index contributed by atoms with van der Waals surface area (Å²) in [6.45, 7) is 3.29. The van der Waals surface area contributed by atoms with Gasteiger partial charge in [-0.1, -0.05) is 24.3 Å². The van der Waals surface area contributed by atoms with E-state index in [-0.39, 0.29) is 5.75 Å². The minimum atomic E-state index is -3.26. The second-order valence-corrected chi connectivity index (χ2v) is 7.25. The van der Waals surface area contributed by atoms with Crippen LogP contribution in [0.1, 0.15) is 17.5 Å². The highest BCUT2D eigenvalue weighted by Crippen LogP contribution is 2.16. The Morgan fingerprint density at radius 2 is 1.80 bits per heavy atom. The minimum absolute atomic E-state index is 0.0457. The Hall–Kier alpha value is -0.950. The monoisotopic (exact) mass is 297 g/mol. The number of nitrogens with two attached hydrogens (primary N) is 1. The van der Waals surface area contributed by atoms with Crippen molar-refractivity contribution >= 4 is 10.0 Å². The Morgan fingerprint density at radius 1 is 1.10 bits per heavy atom. The Morgan fingerprint density at radius 3 is 2.50 bits per heavy atom. The van der Waals surface area contributed by atoms with Gasteiger partial charge in [0.2, 0.25) is 10.0 Å². The van der Waals surface area contributed by atoms with Gasteiger partial charge in [0, 0.05) is 26.2 Å². The molecule has 2 rings (SSSR count). The topological polar surface area (TPSA) is 66.6 Å². The molecule has 1 aromatic rings. The van der Waals surface area contributed by atoms with E-state index < -0.39 is 10.0 Å². The highest BCUT2D eigenvalue weighted by Gasteiger charge is 2.25. The van der Waals surface area contributed by atoms with Crippen LogP contribution in [0.4, 0.5) is 0 Å². The van der Waals surface area contributed by atoms with Crippen LogP contribution in [-0.4, -0.2) is 50.8 Å². The van der Waals surface area contributed by atoms with Crippen molar-refractivity contribution in [3.8, 4) is 0 Å². The van der Waals surface area contributed by atoms with Crippen molar-refractivity contribution in [2.24, 2.45) is 5.73 Å². The molecule has 0 radical (unpaired) electrons. The molecular formula is C14H23N3O2S. The van der Waals surface area contributed by atoms with E-state index >= 15 is 0 Å². The van der Waals surface area contributed by atoms with Crippen molar-refractivity contribution in [2.45, 2.75) is 18.7 Å². The zero-order chi connectivity index (χ0) is 14.6. The first kappa shape index (κ1) is 15.4. The van der Waals surface area contributed by atoms with Crippen LogP contribution in [0.15, 0.2) is 24.3 Å². The summed E-state index contributed by atoms with van der Waals surface area (Å²) in [5.74, 6) is 0.0457. The molecule has 1 saturated heterocycles. The van der Waals surface area contributed by atoms with Crippen molar-refractivity contribution in [2.75, 3.05) is 33.2 Å². The van der Waals surface area contributed by atoms with Gasteiger partial charge in [0.25, 0.3) is 0 Å². The molecule has 0 bridgehead atoms. The molecule has 0 atom stereocenters. The summed E-state index contributed by atoms with van der Waals surface area (Å²) in [6, 6.07) is 7.49. The van der Waals surface area contributed by atoms with E-state index in [0.717, 1.165) is 30.6 Å². The lowest BCUT2D eigenvalue weighted by Gasteiger charge is -2.21. The molecule has 0 aliphatic carbocycles. The van der Waals surface area contributed by atoms with E-state index in [4.69, 9.17) is 5.73 Å². The summed E-state index contributed by atoms with van der Waals surface area (Å²) >= 11 is 0. The summed E-state index contributed by atoms with van der Waals surface area (Å²) in [7, 11) is -1.24. The molecule has 1 aliphatic rings. The van der Waals surface area contributed by atoms with Gasteiger partial charge in [0.15, 0.2) is 0 Å². The van der Waals surface area contributed by atoms with E-state index in [0.29, 0.717) is 19.6 Å². The highest BCUT2D eigenvalue weighted by molar-refractivity contribution is 7.88. The largest absolute Gasteiger partial charge is 0.326 e. The maximum absolute atomic E-state index is 12.5. The van der Waals surface area contributed by atoms with Crippen molar-refractivity contribution in [1.82, 2.24) is 9.21 Å². The minimum Gasteiger partial charge on any atom is -0.326 e. The van der Waals surface area contributed by atoms with E-state index in [9.17, 15) is 8.42 Å². The van der Waals surface area contributed by atoms with Gasteiger partial charge in [0.05, 0.1) is 5.75 Å². The molecule has 0 amide bonds. The standard InChI is InChI=1S/C14H23N3O2S/c1-16-7-4-8-17(10-9-16)20(18,19)12-14-6-3-2-5-13(14)11-15/h2-3,5-6H,4,7-12,15H2,1H3. The van der Waals surface area contributed by atoms with E-state index in [1.165, 1.54) is 0 Å². The van der Waals surface area contributed by atoms with Crippen LogP contribution < -0.4 is 5.73 Å². The SMILES string of the molecule is CN1CCCN(S(=O)(=O)Cc2ccccc2CN)CC1. The molecular weight excluding hydrogens is 274 g/mol. The fraction of sp³-hybridized carbons (Fsp3) is 0.571. The van der Waals surface area contributed by atoms with Gasteiger partial charge in [-0.3, -0.25) is 0 Å². The first-order chi connectivity index (χ1) is 9.53. The number of sulfonamides is 1. The molecule has 0 saturated carbocycles. The van der Waals surface area contributed by atoms with Crippen LogP contribution in [0.2, 0.25) is 0 Å². The number of hydrogen-bond acceptors (Lipinski definition) is 4. The number of likely N-dealkylation sites (N-methyl/N-ethyl adjacent to an activating group) is 1. The second-order valence-electron chi connectivity index (χ2n) is 5.28. The third kappa shape index (κ3) is 3.79. The zero-order valence-corrected chi connectivity index (χ0v) is 12.8. The molecule has 5 nitrogen and oxygen atoms in total. The lowest BCUT2D eigenvalue weighted by Crippen LogP contribution is -2.35.